The molecule has 16 heavy (non-hydrogen) atoms. The van der Waals surface area contributed by atoms with Gasteiger partial charge in [0.2, 0.25) is 0 Å². The fourth-order valence-electron chi connectivity index (χ4n) is 2.57. The summed E-state index contributed by atoms with van der Waals surface area (Å²) in [5.41, 5.74) is 4.38. The van der Waals surface area contributed by atoms with Crippen LogP contribution in [0.15, 0.2) is 24.4 Å². The number of carbonyl (C=O) groups is 1. The second-order valence-electron chi connectivity index (χ2n) is 4.27. The average Bonchev–Trinajstić information content (AvgIpc) is 2.59. The maximum absolute atomic E-state index is 12.1. The summed E-state index contributed by atoms with van der Waals surface area (Å²) in [4.78, 5) is 12.1. The molecule has 0 N–H and O–H groups in total. The van der Waals surface area contributed by atoms with E-state index in [1.165, 1.54) is 5.69 Å². The Labute approximate surface area is 102 Å². The Kier molecular flexibility index (Phi) is 2.18. The quantitative estimate of drug-likeness (QED) is 0.678. The highest BCUT2D eigenvalue weighted by Crippen LogP contribution is 2.32. The molecule has 3 heteroatoms. The van der Waals surface area contributed by atoms with Crippen molar-refractivity contribution in [2.45, 2.75) is 24.6 Å². The minimum atomic E-state index is -0.00360. The molecular formula is C13H12BrNO. The van der Waals surface area contributed by atoms with Crippen molar-refractivity contribution >= 4 is 27.2 Å². The molecule has 0 saturated carbocycles. The second kappa shape index (κ2) is 3.45. The van der Waals surface area contributed by atoms with Crippen molar-refractivity contribution in [3.63, 3.8) is 0 Å². The molecule has 82 valence electrons. The molecule has 1 unspecified atom stereocenters. The van der Waals surface area contributed by atoms with Crippen LogP contribution in [0.4, 0.5) is 0 Å². The lowest BCUT2D eigenvalue weighted by molar-refractivity contribution is 0.0981. The van der Waals surface area contributed by atoms with Crippen molar-refractivity contribution in [2.24, 2.45) is 0 Å². The minimum absolute atomic E-state index is 0.00360. The molecule has 0 saturated heterocycles. The number of aromatic nitrogens is 1. The summed E-state index contributed by atoms with van der Waals surface area (Å²) in [6.07, 6.45) is 3.91. The van der Waals surface area contributed by atoms with Gasteiger partial charge in [0.15, 0.2) is 5.78 Å². The van der Waals surface area contributed by atoms with Crippen LogP contribution in [0.1, 0.15) is 28.0 Å². The molecule has 0 aliphatic heterocycles. The van der Waals surface area contributed by atoms with E-state index in [0.717, 1.165) is 29.5 Å². The first-order valence-corrected chi connectivity index (χ1v) is 6.38. The van der Waals surface area contributed by atoms with Crippen LogP contribution >= 0.6 is 15.9 Å². The molecule has 2 aromatic heterocycles. The predicted octanol–water partition coefficient (Wildman–Crippen LogP) is 3.14. The van der Waals surface area contributed by atoms with E-state index in [9.17, 15) is 4.79 Å². The smallest absolute Gasteiger partial charge is 0.178 e. The van der Waals surface area contributed by atoms with E-state index in [4.69, 9.17) is 0 Å². The van der Waals surface area contributed by atoms with Crippen LogP contribution in [-0.4, -0.2) is 15.0 Å². The number of nitrogens with zero attached hydrogens (tertiary/aromatic N) is 1. The molecule has 0 spiro atoms. The van der Waals surface area contributed by atoms with Crippen LogP contribution in [0.2, 0.25) is 0 Å². The van der Waals surface area contributed by atoms with Crippen LogP contribution < -0.4 is 0 Å². The number of pyridine rings is 1. The summed E-state index contributed by atoms with van der Waals surface area (Å²) >= 11 is 3.46. The Morgan fingerprint density at radius 3 is 3.06 bits per heavy atom. The van der Waals surface area contributed by atoms with Crippen molar-refractivity contribution in [1.29, 1.82) is 0 Å². The molecule has 2 heterocycles. The zero-order valence-electron chi connectivity index (χ0n) is 9.03. The third-order valence-electron chi connectivity index (χ3n) is 3.36. The van der Waals surface area contributed by atoms with Gasteiger partial charge in [-0.2, -0.15) is 0 Å². The lowest BCUT2D eigenvalue weighted by atomic mass is 9.94. The maximum Gasteiger partial charge on any atom is 0.178 e. The first kappa shape index (κ1) is 10.1. The fourth-order valence-corrected chi connectivity index (χ4v) is 3.03. The highest BCUT2D eigenvalue weighted by Gasteiger charge is 2.30. The Hall–Kier alpha value is -1.09. The van der Waals surface area contributed by atoms with Gasteiger partial charge in [-0.3, -0.25) is 4.79 Å². The summed E-state index contributed by atoms with van der Waals surface area (Å²) in [6, 6.07) is 6.10. The lowest BCUT2D eigenvalue weighted by Gasteiger charge is -2.16. The first-order chi connectivity index (χ1) is 7.70. The van der Waals surface area contributed by atoms with Crippen LogP contribution in [0.3, 0.4) is 0 Å². The maximum atomic E-state index is 12.1. The molecular weight excluding hydrogens is 266 g/mol. The number of hydrogen-bond donors (Lipinski definition) is 0. The summed E-state index contributed by atoms with van der Waals surface area (Å²) in [6.45, 7) is 2.04. The Morgan fingerprint density at radius 1 is 1.44 bits per heavy atom. The molecule has 0 fully saturated rings. The number of alkyl halides is 1. The number of fused-ring (bicyclic) bond motifs is 3. The number of carbonyl (C=O) groups excluding carboxylic acids is 1. The van der Waals surface area contributed by atoms with E-state index in [0.29, 0.717) is 0 Å². The summed E-state index contributed by atoms with van der Waals surface area (Å²) in [7, 11) is 0. The first-order valence-electron chi connectivity index (χ1n) is 5.47. The highest BCUT2D eigenvalue weighted by molar-refractivity contribution is 9.10. The monoisotopic (exact) mass is 277 g/mol. The van der Waals surface area contributed by atoms with Crippen LogP contribution in [-0.2, 0) is 6.42 Å². The predicted molar refractivity (Wildman–Crippen MR) is 67.5 cm³/mol. The number of hydrogen-bond acceptors (Lipinski definition) is 1. The van der Waals surface area contributed by atoms with E-state index in [1.807, 2.05) is 25.3 Å². The van der Waals surface area contributed by atoms with Gasteiger partial charge in [-0.15, -0.1) is 0 Å². The van der Waals surface area contributed by atoms with E-state index >= 15 is 0 Å². The zero-order chi connectivity index (χ0) is 11.3. The molecule has 0 radical (unpaired) electrons. The Morgan fingerprint density at radius 2 is 2.25 bits per heavy atom. The normalized spacial score (nSPS) is 20.1. The van der Waals surface area contributed by atoms with Crippen molar-refractivity contribution < 1.29 is 4.79 Å². The van der Waals surface area contributed by atoms with Gasteiger partial charge >= 0.3 is 0 Å². The Balaban J connectivity index is 2.39. The highest BCUT2D eigenvalue weighted by atomic mass is 79.9. The van der Waals surface area contributed by atoms with Gasteiger partial charge in [-0.05, 0) is 37.5 Å². The topological polar surface area (TPSA) is 21.5 Å². The largest absolute Gasteiger partial charge is 0.320 e. The Bertz CT molecular complexity index is 585. The second-order valence-corrected chi connectivity index (χ2v) is 5.38. The molecule has 1 atom stereocenters. The number of aryl methyl sites for hydroxylation is 2. The number of ketones is 1. The minimum Gasteiger partial charge on any atom is -0.320 e. The SMILES string of the molecule is Cc1c2c(n3ccccc13)CCC(Br)C2=O. The fraction of sp³-hybridized carbons (Fsp3) is 0.308. The number of rotatable bonds is 0. The number of halogens is 1. The van der Waals surface area contributed by atoms with E-state index in [2.05, 4.69) is 26.4 Å². The standard InChI is InChI=1S/C13H12BrNO/c1-8-10-4-2-3-7-15(10)11-6-5-9(14)13(16)12(8)11/h2-4,7,9H,5-6H2,1H3. The molecule has 3 rings (SSSR count). The molecule has 0 amide bonds. The molecule has 1 aliphatic carbocycles. The summed E-state index contributed by atoms with van der Waals surface area (Å²) in [5.74, 6) is 0.238. The summed E-state index contributed by atoms with van der Waals surface area (Å²) in [5, 5.41) is 0. The molecule has 1 aliphatic rings. The molecule has 2 nitrogen and oxygen atoms in total. The van der Waals surface area contributed by atoms with Gasteiger partial charge in [0, 0.05) is 23.0 Å². The van der Waals surface area contributed by atoms with E-state index < -0.39 is 0 Å². The summed E-state index contributed by atoms with van der Waals surface area (Å²) < 4.78 is 2.15. The lowest BCUT2D eigenvalue weighted by Crippen LogP contribution is -2.22. The van der Waals surface area contributed by atoms with Gasteiger partial charge < -0.3 is 4.40 Å². The van der Waals surface area contributed by atoms with E-state index in [1.54, 1.807) is 0 Å². The van der Waals surface area contributed by atoms with Crippen molar-refractivity contribution in [2.75, 3.05) is 0 Å². The van der Waals surface area contributed by atoms with Crippen molar-refractivity contribution in [3.05, 3.63) is 41.2 Å². The molecule has 0 bridgehead atoms. The van der Waals surface area contributed by atoms with Gasteiger partial charge in [0.1, 0.15) is 0 Å². The van der Waals surface area contributed by atoms with E-state index in [-0.39, 0.29) is 10.6 Å². The van der Waals surface area contributed by atoms with Crippen molar-refractivity contribution in [1.82, 2.24) is 4.40 Å². The van der Waals surface area contributed by atoms with Crippen LogP contribution in [0.5, 0.6) is 0 Å². The zero-order valence-corrected chi connectivity index (χ0v) is 10.6. The number of Topliss-reactive ketones (excluding diaryl/α,β-unsaturated/α-hetero) is 1. The molecule has 2 aromatic rings. The average molecular weight is 278 g/mol. The van der Waals surface area contributed by atoms with Gasteiger partial charge in [0.05, 0.1) is 4.83 Å². The van der Waals surface area contributed by atoms with Gasteiger partial charge in [-0.1, -0.05) is 22.0 Å². The van der Waals surface area contributed by atoms with Crippen molar-refractivity contribution in [3.8, 4) is 0 Å². The third kappa shape index (κ3) is 1.21. The van der Waals surface area contributed by atoms with Gasteiger partial charge in [0.25, 0.3) is 0 Å². The van der Waals surface area contributed by atoms with Crippen LogP contribution in [0.25, 0.3) is 5.52 Å². The van der Waals surface area contributed by atoms with Crippen LogP contribution in [0, 0.1) is 6.92 Å². The van der Waals surface area contributed by atoms with Gasteiger partial charge in [-0.25, -0.2) is 0 Å². The molecule has 0 aromatic carbocycles. The third-order valence-corrected chi connectivity index (χ3v) is 4.24.